The van der Waals surface area contributed by atoms with Crippen molar-refractivity contribution in [1.29, 1.82) is 0 Å². The number of aliphatic carboxylic acids is 4. The van der Waals surface area contributed by atoms with Crippen LogP contribution in [-0.2, 0) is 19.2 Å². The lowest BCUT2D eigenvalue weighted by Crippen LogP contribution is -2.44. The molecule has 0 heterocycles. The fourth-order valence-corrected chi connectivity index (χ4v) is 2.30. The molecule has 4 N–H and O–H groups in total. The van der Waals surface area contributed by atoms with Crippen molar-refractivity contribution in [2.75, 3.05) is 0 Å². The SMILES string of the molecule is O=C(O)[C@H]1C[C@H](C(=O)O)[C@@H](C(=O)O)C[C@@H]1C(=O)O. The van der Waals surface area contributed by atoms with Crippen LogP contribution >= 0.6 is 0 Å². The quantitative estimate of drug-likeness (QED) is 0.532. The summed E-state index contributed by atoms with van der Waals surface area (Å²) in [4.78, 5) is 43.6. The van der Waals surface area contributed by atoms with E-state index in [4.69, 9.17) is 20.4 Å². The maximum Gasteiger partial charge on any atom is 0.307 e. The maximum absolute atomic E-state index is 10.9. The lowest BCUT2D eigenvalue weighted by atomic mass is 9.68. The van der Waals surface area contributed by atoms with Crippen LogP contribution in [0.5, 0.6) is 0 Å². The molecule has 1 fully saturated rings. The van der Waals surface area contributed by atoms with E-state index in [1.54, 1.807) is 0 Å². The van der Waals surface area contributed by atoms with Gasteiger partial charge in [0.05, 0.1) is 23.7 Å². The molecular weight excluding hydrogens is 248 g/mol. The summed E-state index contributed by atoms with van der Waals surface area (Å²) in [5.74, 6) is -11.2. The molecule has 1 aliphatic rings. The Balaban J connectivity index is 3.06. The number of carbonyl (C=O) groups is 4. The summed E-state index contributed by atoms with van der Waals surface area (Å²) in [7, 11) is 0. The van der Waals surface area contributed by atoms with Crippen molar-refractivity contribution in [3.05, 3.63) is 0 Å². The fraction of sp³-hybridized carbons (Fsp3) is 0.600. The summed E-state index contributed by atoms with van der Waals surface area (Å²) in [5.41, 5.74) is 0. The van der Waals surface area contributed by atoms with Crippen LogP contribution in [0.25, 0.3) is 0 Å². The average Bonchev–Trinajstić information content (AvgIpc) is 2.26. The molecule has 8 heteroatoms. The number of carboxylic acid groups (broad SMARTS) is 4. The maximum atomic E-state index is 10.9. The lowest BCUT2D eigenvalue weighted by Gasteiger charge is -2.33. The highest BCUT2D eigenvalue weighted by molar-refractivity contribution is 5.85. The largest absolute Gasteiger partial charge is 0.481 e. The van der Waals surface area contributed by atoms with Gasteiger partial charge in [-0.05, 0) is 12.8 Å². The molecule has 0 aromatic carbocycles. The minimum absolute atomic E-state index is 0.487. The first kappa shape index (κ1) is 13.9. The Labute approximate surface area is 101 Å². The van der Waals surface area contributed by atoms with Crippen molar-refractivity contribution in [3.63, 3.8) is 0 Å². The summed E-state index contributed by atoms with van der Waals surface area (Å²) in [6, 6.07) is 0. The topological polar surface area (TPSA) is 149 Å². The van der Waals surface area contributed by atoms with E-state index in [2.05, 4.69) is 0 Å². The van der Waals surface area contributed by atoms with Gasteiger partial charge in [0.15, 0.2) is 0 Å². The van der Waals surface area contributed by atoms with E-state index in [1.807, 2.05) is 0 Å². The summed E-state index contributed by atoms with van der Waals surface area (Å²) < 4.78 is 0. The molecule has 0 unspecified atom stereocenters. The van der Waals surface area contributed by atoms with E-state index in [-0.39, 0.29) is 0 Å². The zero-order valence-corrected chi connectivity index (χ0v) is 9.15. The normalized spacial score (nSPS) is 31.6. The molecule has 0 amide bonds. The smallest absolute Gasteiger partial charge is 0.307 e. The van der Waals surface area contributed by atoms with Gasteiger partial charge in [-0.2, -0.15) is 0 Å². The molecule has 1 rings (SSSR count). The van der Waals surface area contributed by atoms with Crippen molar-refractivity contribution in [3.8, 4) is 0 Å². The van der Waals surface area contributed by atoms with Crippen molar-refractivity contribution >= 4 is 23.9 Å². The van der Waals surface area contributed by atoms with E-state index in [1.165, 1.54) is 0 Å². The molecule has 18 heavy (non-hydrogen) atoms. The Hall–Kier alpha value is -2.12. The van der Waals surface area contributed by atoms with Crippen LogP contribution < -0.4 is 0 Å². The van der Waals surface area contributed by atoms with Gasteiger partial charge in [-0.15, -0.1) is 0 Å². The highest BCUT2D eigenvalue weighted by Gasteiger charge is 2.49. The van der Waals surface area contributed by atoms with Gasteiger partial charge in [0.1, 0.15) is 0 Å². The Morgan fingerprint density at radius 1 is 0.556 bits per heavy atom. The molecule has 0 aliphatic heterocycles. The molecule has 0 aromatic rings. The molecule has 4 atom stereocenters. The molecule has 0 aromatic heterocycles. The summed E-state index contributed by atoms with van der Waals surface area (Å²) >= 11 is 0. The zero-order valence-electron chi connectivity index (χ0n) is 9.15. The summed E-state index contributed by atoms with van der Waals surface area (Å²) in [5, 5.41) is 35.5. The monoisotopic (exact) mass is 260 g/mol. The number of hydrogen-bond acceptors (Lipinski definition) is 4. The van der Waals surface area contributed by atoms with E-state index in [9.17, 15) is 19.2 Å². The van der Waals surface area contributed by atoms with Gasteiger partial charge in [0.25, 0.3) is 0 Å². The van der Waals surface area contributed by atoms with E-state index in [0.29, 0.717) is 0 Å². The number of rotatable bonds is 4. The van der Waals surface area contributed by atoms with Crippen LogP contribution in [0.2, 0.25) is 0 Å². The van der Waals surface area contributed by atoms with Crippen LogP contribution in [0.4, 0.5) is 0 Å². The van der Waals surface area contributed by atoms with Gasteiger partial charge in [-0.3, -0.25) is 19.2 Å². The molecule has 1 aliphatic carbocycles. The predicted octanol–water partition coefficient (Wildman–Crippen LogP) is -0.417. The molecule has 8 nitrogen and oxygen atoms in total. The Morgan fingerprint density at radius 3 is 0.833 bits per heavy atom. The van der Waals surface area contributed by atoms with Crippen molar-refractivity contribution < 1.29 is 39.6 Å². The van der Waals surface area contributed by atoms with Gasteiger partial charge in [-0.25, -0.2) is 0 Å². The fourth-order valence-electron chi connectivity index (χ4n) is 2.30. The Kier molecular flexibility index (Phi) is 3.89. The lowest BCUT2D eigenvalue weighted by molar-refractivity contribution is -0.167. The first-order chi connectivity index (χ1) is 8.25. The van der Waals surface area contributed by atoms with E-state index < -0.39 is 60.4 Å². The highest BCUT2D eigenvalue weighted by atomic mass is 16.4. The van der Waals surface area contributed by atoms with Crippen molar-refractivity contribution in [2.45, 2.75) is 12.8 Å². The standard InChI is InChI=1S/C10H12O8/c11-7(12)3-1-4(8(13)14)6(10(17)18)2-5(3)9(15)16/h3-6H,1-2H2,(H,11,12)(H,13,14)(H,15,16)(H,17,18)/t3-,4-,5-,6-/m0/s1. The summed E-state index contributed by atoms with van der Waals surface area (Å²) in [6.07, 6.45) is -0.975. The molecule has 100 valence electrons. The average molecular weight is 260 g/mol. The van der Waals surface area contributed by atoms with E-state index >= 15 is 0 Å². The van der Waals surface area contributed by atoms with Gasteiger partial charge in [-0.1, -0.05) is 0 Å². The van der Waals surface area contributed by atoms with E-state index in [0.717, 1.165) is 0 Å². The van der Waals surface area contributed by atoms with Gasteiger partial charge >= 0.3 is 23.9 Å². The second kappa shape index (κ2) is 5.03. The predicted molar refractivity (Wildman–Crippen MR) is 53.7 cm³/mol. The molecule has 0 bridgehead atoms. The van der Waals surface area contributed by atoms with Crippen LogP contribution in [0.15, 0.2) is 0 Å². The molecule has 0 saturated heterocycles. The minimum Gasteiger partial charge on any atom is -0.481 e. The van der Waals surface area contributed by atoms with Crippen molar-refractivity contribution in [1.82, 2.24) is 0 Å². The second-order valence-electron chi connectivity index (χ2n) is 4.25. The Morgan fingerprint density at radius 2 is 0.722 bits per heavy atom. The first-order valence-electron chi connectivity index (χ1n) is 5.17. The highest BCUT2D eigenvalue weighted by Crippen LogP contribution is 2.38. The van der Waals surface area contributed by atoms with Crippen LogP contribution in [0.3, 0.4) is 0 Å². The van der Waals surface area contributed by atoms with Crippen molar-refractivity contribution in [2.24, 2.45) is 23.7 Å². The third-order valence-electron chi connectivity index (χ3n) is 3.26. The van der Waals surface area contributed by atoms with Gasteiger partial charge < -0.3 is 20.4 Å². The van der Waals surface area contributed by atoms with Crippen LogP contribution in [0, 0.1) is 23.7 Å². The summed E-state index contributed by atoms with van der Waals surface area (Å²) in [6.45, 7) is 0. The van der Waals surface area contributed by atoms with Crippen LogP contribution in [-0.4, -0.2) is 44.3 Å². The first-order valence-corrected chi connectivity index (χ1v) is 5.17. The second-order valence-corrected chi connectivity index (χ2v) is 4.25. The molecule has 1 saturated carbocycles. The Bertz CT molecular complexity index is 327. The number of carboxylic acids is 4. The third kappa shape index (κ3) is 2.58. The number of hydrogen-bond donors (Lipinski definition) is 4. The van der Waals surface area contributed by atoms with Crippen LogP contribution in [0.1, 0.15) is 12.8 Å². The van der Waals surface area contributed by atoms with Gasteiger partial charge in [0, 0.05) is 0 Å². The molecule has 0 radical (unpaired) electrons. The third-order valence-corrected chi connectivity index (χ3v) is 3.26. The van der Waals surface area contributed by atoms with Gasteiger partial charge in [0.2, 0.25) is 0 Å². The molecule has 0 spiro atoms. The minimum atomic E-state index is -1.42. The zero-order chi connectivity index (χ0) is 14.0. The molecular formula is C10H12O8.